The summed E-state index contributed by atoms with van der Waals surface area (Å²) >= 11 is 0. The number of aromatic amines is 1. The van der Waals surface area contributed by atoms with E-state index in [4.69, 9.17) is 11.6 Å². The number of hydrogen-bond donors (Lipinski definition) is 3. The molecule has 2 aromatic rings. The van der Waals surface area contributed by atoms with E-state index >= 15 is 0 Å². The number of nitrogens with one attached hydrogen (secondary N) is 1. The Labute approximate surface area is 61.8 Å². The van der Waals surface area contributed by atoms with Crippen molar-refractivity contribution in [3.05, 3.63) is 12.7 Å². The van der Waals surface area contributed by atoms with Crippen molar-refractivity contribution in [1.82, 2.24) is 15.0 Å². The van der Waals surface area contributed by atoms with Gasteiger partial charge in [-0.3, -0.25) is 5.84 Å². The molecule has 5 N–H and O–H groups in total. The second kappa shape index (κ2) is 1.82. The third-order valence-corrected chi connectivity index (χ3v) is 1.46. The molecule has 6 nitrogen and oxygen atoms in total. The van der Waals surface area contributed by atoms with Crippen molar-refractivity contribution in [3.8, 4) is 0 Å². The Kier molecular flexibility index (Phi) is 0.974. The molecule has 0 aliphatic heterocycles. The monoisotopic (exact) mass is 151 g/mol. The predicted octanol–water partition coefficient (Wildman–Crippen LogP) is -1.46. The molecular weight excluding hydrogens is 144 g/mol. The fourth-order valence-electron chi connectivity index (χ4n) is 0.882. The molecule has 0 aliphatic rings. The molecule has 2 heterocycles. The van der Waals surface area contributed by atoms with Gasteiger partial charge in [0, 0.05) is 0 Å². The Hall–Kier alpha value is -1.85. The molecular formula is C5H7N6+. The van der Waals surface area contributed by atoms with Crippen LogP contribution in [0.1, 0.15) is 0 Å². The number of rotatable bonds is 0. The molecule has 0 saturated heterocycles. The zero-order valence-electron chi connectivity index (χ0n) is 5.65. The van der Waals surface area contributed by atoms with Crippen molar-refractivity contribution in [2.45, 2.75) is 0 Å². The van der Waals surface area contributed by atoms with Gasteiger partial charge in [0.2, 0.25) is 6.33 Å². The van der Waals surface area contributed by atoms with Gasteiger partial charge in [-0.05, 0) is 0 Å². The van der Waals surface area contributed by atoms with Gasteiger partial charge < -0.3 is 10.7 Å². The number of aromatic nitrogens is 4. The molecule has 11 heavy (non-hydrogen) atoms. The van der Waals surface area contributed by atoms with Crippen LogP contribution in [-0.2, 0) is 0 Å². The van der Waals surface area contributed by atoms with Gasteiger partial charge in [0.15, 0.2) is 5.52 Å². The van der Waals surface area contributed by atoms with Crippen LogP contribution in [0, 0.1) is 0 Å². The third-order valence-electron chi connectivity index (χ3n) is 1.46. The number of fused-ring (bicyclic) bond motifs is 1. The van der Waals surface area contributed by atoms with Crippen LogP contribution in [0.25, 0.3) is 11.2 Å². The molecule has 0 saturated carbocycles. The van der Waals surface area contributed by atoms with Crippen LogP contribution in [0.3, 0.4) is 0 Å². The summed E-state index contributed by atoms with van der Waals surface area (Å²) in [6.07, 6.45) is 2.94. The largest absolute Gasteiger partial charge is 0.336 e. The van der Waals surface area contributed by atoms with Gasteiger partial charge in [-0.1, -0.05) is 4.98 Å². The van der Waals surface area contributed by atoms with Gasteiger partial charge in [-0.15, -0.1) is 4.68 Å². The Morgan fingerprint density at radius 1 is 1.45 bits per heavy atom. The molecule has 0 bridgehead atoms. The highest BCUT2D eigenvalue weighted by Gasteiger charge is 2.09. The minimum atomic E-state index is 0.424. The summed E-state index contributed by atoms with van der Waals surface area (Å²) in [5, 5.41) is 0. The van der Waals surface area contributed by atoms with Crippen LogP contribution >= 0.6 is 0 Å². The normalized spacial score (nSPS) is 10.5. The lowest BCUT2D eigenvalue weighted by atomic mass is 10.5. The second-order valence-corrected chi connectivity index (χ2v) is 2.14. The van der Waals surface area contributed by atoms with Gasteiger partial charge in [0.1, 0.15) is 0 Å². The van der Waals surface area contributed by atoms with Crippen LogP contribution in [0.2, 0.25) is 0 Å². The maximum absolute atomic E-state index is 5.59. The number of nitrogen functional groups attached to an aromatic ring is 2. The third kappa shape index (κ3) is 0.689. The standard InChI is InChI=1S/C5H6N6/c6-4-3-5(9-1-8-3)10-2-11(4)7/h1-2H,7H2,(H2,6,8,9)/p+1. The van der Waals surface area contributed by atoms with Crippen molar-refractivity contribution in [2.75, 3.05) is 11.6 Å². The second-order valence-electron chi connectivity index (χ2n) is 2.14. The maximum atomic E-state index is 5.59. The Morgan fingerprint density at radius 2 is 2.27 bits per heavy atom. The van der Waals surface area contributed by atoms with E-state index in [1.54, 1.807) is 0 Å². The molecule has 0 fully saturated rings. The van der Waals surface area contributed by atoms with Gasteiger partial charge in [0.05, 0.1) is 6.33 Å². The Bertz CT molecular complexity index is 391. The average molecular weight is 151 g/mol. The van der Waals surface area contributed by atoms with Gasteiger partial charge in [0.25, 0.3) is 11.5 Å². The zero-order chi connectivity index (χ0) is 7.84. The summed E-state index contributed by atoms with van der Waals surface area (Å²) in [5.41, 5.74) is 6.82. The first-order chi connectivity index (χ1) is 5.29. The van der Waals surface area contributed by atoms with Gasteiger partial charge in [-0.2, -0.15) is 0 Å². The smallest absolute Gasteiger partial charge is 0.270 e. The fourth-order valence-corrected chi connectivity index (χ4v) is 0.882. The van der Waals surface area contributed by atoms with E-state index in [0.717, 1.165) is 0 Å². The highest BCUT2D eigenvalue weighted by atomic mass is 15.3. The molecule has 0 spiro atoms. The quantitative estimate of drug-likeness (QED) is 0.316. The van der Waals surface area contributed by atoms with Gasteiger partial charge >= 0.3 is 0 Å². The first-order valence-corrected chi connectivity index (χ1v) is 3.03. The molecule has 6 heteroatoms. The molecule has 0 unspecified atom stereocenters. The number of imidazole rings is 1. The van der Waals surface area contributed by atoms with E-state index in [1.807, 2.05) is 0 Å². The SMILES string of the molecule is Nc1c2[nH]cnc2nc[n+]1N. The topological polar surface area (TPSA) is 97.5 Å². The van der Waals surface area contributed by atoms with Crippen LogP contribution in [0.5, 0.6) is 0 Å². The summed E-state index contributed by atoms with van der Waals surface area (Å²) in [7, 11) is 0. The summed E-state index contributed by atoms with van der Waals surface area (Å²) < 4.78 is 1.24. The molecule has 2 rings (SSSR count). The van der Waals surface area contributed by atoms with Crippen molar-refractivity contribution in [3.63, 3.8) is 0 Å². The summed E-state index contributed by atoms with van der Waals surface area (Å²) in [6.45, 7) is 0. The minimum absolute atomic E-state index is 0.424. The number of hydrogen-bond acceptors (Lipinski definition) is 4. The van der Waals surface area contributed by atoms with Crippen LogP contribution < -0.4 is 16.3 Å². The van der Waals surface area contributed by atoms with Crippen molar-refractivity contribution in [2.24, 2.45) is 0 Å². The Balaban J connectivity index is 2.93. The van der Waals surface area contributed by atoms with E-state index in [-0.39, 0.29) is 0 Å². The minimum Gasteiger partial charge on any atom is -0.336 e. The van der Waals surface area contributed by atoms with Crippen LogP contribution in [-0.4, -0.2) is 15.0 Å². The molecule has 0 amide bonds. The molecule has 0 radical (unpaired) electrons. The molecule has 0 aromatic carbocycles. The number of H-pyrrole nitrogens is 1. The molecule has 56 valence electrons. The summed E-state index contributed by atoms with van der Waals surface area (Å²) in [5.74, 6) is 5.85. The summed E-state index contributed by atoms with van der Waals surface area (Å²) in [4.78, 5) is 10.7. The first-order valence-electron chi connectivity index (χ1n) is 3.03. The maximum Gasteiger partial charge on any atom is 0.270 e. The number of anilines is 1. The van der Waals surface area contributed by atoms with E-state index in [0.29, 0.717) is 17.0 Å². The summed E-state index contributed by atoms with van der Waals surface area (Å²) in [6, 6.07) is 0. The van der Waals surface area contributed by atoms with Crippen LogP contribution in [0.15, 0.2) is 12.7 Å². The fraction of sp³-hybridized carbons (Fsp3) is 0. The molecule has 0 aliphatic carbocycles. The Morgan fingerprint density at radius 3 is 3.09 bits per heavy atom. The predicted molar refractivity (Wildman–Crippen MR) is 38.6 cm³/mol. The van der Waals surface area contributed by atoms with E-state index in [2.05, 4.69) is 15.0 Å². The van der Waals surface area contributed by atoms with Crippen LogP contribution in [0.4, 0.5) is 5.82 Å². The first kappa shape index (κ1) is 5.90. The van der Waals surface area contributed by atoms with E-state index in [1.165, 1.54) is 17.3 Å². The zero-order valence-corrected chi connectivity index (χ0v) is 5.65. The van der Waals surface area contributed by atoms with E-state index in [9.17, 15) is 0 Å². The van der Waals surface area contributed by atoms with Gasteiger partial charge in [-0.25, -0.2) is 4.98 Å². The van der Waals surface area contributed by atoms with Crippen molar-refractivity contribution < 1.29 is 4.68 Å². The van der Waals surface area contributed by atoms with Crippen molar-refractivity contribution in [1.29, 1.82) is 0 Å². The number of nitrogens with zero attached hydrogens (tertiary/aromatic N) is 3. The van der Waals surface area contributed by atoms with E-state index < -0.39 is 0 Å². The molecule has 2 aromatic heterocycles. The lowest BCUT2D eigenvalue weighted by molar-refractivity contribution is -0.625. The number of nitrogens with two attached hydrogens (primary N) is 2. The van der Waals surface area contributed by atoms with Crippen molar-refractivity contribution >= 4 is 17.0 Å². The average Bonchev–Trinajstić information content (AvgIpc) is 2.45. The lowest BCUT2D eigenvalue weighted by Gasteiger charge is -1.92. The molecule has 0 atom stereocenters. The lowest BCUT2D eigenvalue weighted by Crippen LogP contribution is -2.47. The highest BCUT2D eigenvalue weighted by molar-refractivity contribution is 5.78. The highest BCUT2D eigenvalue weighted by Crippen LogP contribution is 2.07.